The summed E-state index contributed by atoms with van der Waals surface area (Å²) in [6, 6.07) is 5.33. The molecule has 0 amide bonds. The molecule has 2 N–H and O–H groups in total. The number of thiophene rings is 1. The molecule has 1 aliphatic carbocycles. The predicted molar refractivity (Wildman–Crippen MR) is 113 cm³/mol. The molecular weight excluding hydrogens is 429 g/mol. The van der Waals surface area contributed by atoms with Crippen molar-refractivity contribution in [3.05, 3.63) is 45.5 Å². The second-order valence-electron chi connectivity index (χ2n) is 7.40. The summed E-state index contributed by atoms with van der Waals surface area (Å²) in [6.07, 6.45) is -2.58. The van der Waals surface area contributed by atoms with E-state index in [-0.39, 0.29) is 38.5 Å². The molecule has 0 spiro atoms. The van der Waals surface area contributed by atoms with Gasteiger partial charge in [-0.3, -0.25) is 4.79 Å². The van der Waals surface area contributed by atoms with Gasteiger partial charge in [0.05, 0.1) is 30.3 Å². The maximum Gasteiger partial charge on any atom is 0.417 e. The van der Waals surface area contributed by atoms with E-state index < -0.39 is 11.7 Å². The number of fused-ring (bicyclic) bond motifs is 2. The van der Waals surface area contributed by atoms with Gasteiger partial charge in [-0.05, 0) is 48.9 Å². The van der Waals surface area contributed by atoms with E-state index in [9.17, 15) is 18.0 Å². The van der Waals surface area contributed by atoms with E-state index >= 15 is 0 Å². The van der Waals surface area contributed by atoms with E-state index in [2.05, 4.69) is 4.98 Å². The maximum absolute atomic E-state index is 13.9. The van der Waals surface area contributed by atoms with Crippen LogP contribution in [0.5, 0.6) is 11.5 Å². The number of ketones is 1. The van der Waals surface area contributed by atoms with Gasteiger partial charge in [0, 0.05) is 17.5 Å². The number of carbonyl (C=O) groups excluding carboxylic acids is 1. The van der Waals surface area contributed by atoms with Gasteiger partial charge in [-0.1, -0.05) is 6.07 Å². The largest absolute Gasteiger partial charge is 0.493 e. The lowest BCUT2D eigenvalue weighted by atomic mass is 10.0. The van der Waals surface area contributed by atoms with Crippen molar-refractivity contribution in [3.8, 4) is 11.5 Å². The Morgan fingerprint density at radius 1 is 1.19 bits per heavy atom. The Morgan fingerprint density at radius 3 is 2.61 bits per heavy atom. The zero-order chi connectivity index (χ0) is 22.3. The van der Waals surface area contributed by atoms with E-state index in [4.69, 9.17) is 15.2 Å². The number of nitrogens with two attached hydrogens (primary N) is 1. The van der Waals surface area contributed by atoms with Crippen LogP contribution in [-0.4, -0.2) is 25.0 Å². The average molecular weight is 450 g/mol. The van der Waals surface area contributed by atoms with Crippen LogP contribution in [0.3, 0.4) is 0 Å². The summed E-state index contributed by atoms with van der Waals surface area (Å²) in [7, 11) is 3.05. The number of nitrogen functional groups attached to an aromatic ring is 1. The van der Waals surface area contributed by atoms with E-state index in [0.717, 1.165) is 16.9 Å². The van der Waals surface area contributed by atoms with Gasteiger partial charge in [0.1, 0.15) is 4.83 Å². The van der Waals surface area contributed by atoms with Crippen molar-refractivity contribution < 1.29 is 27.4 Å². The minimum Gasteiger partial charge on any atom is -0.493 e. The molecule has 31 heavy (non-hydrogen) atoms. The molecule has 0 atom stereocenters. The highest BCUT2D eigenvalue weighted by Gasteiger charge is 2.40. The molecule has 0 unspecified atom stereocenters. The number of nitrogens with zero attached hydrogens (tertiary/aromatic N) is 1. The Balaban J connectivity index is 1.66. The number of ether oxygens (including phenoxy) is 2. The fourth-order valence-electron chi connectivity index (χ4n) is 4.07. The molecule has 0 saturated carbocycles. The van der Waals surface area contributed by atoms with Crippen LogP contribution in [0.1, 0.15) is 44.9 Å². The quantitative estimate of drug-likeness (QED) is 0.522. The summed E-state index contributed by atoms with van der Waals surface area (Å²) in [6.45, 7) is 0. The van der Waals surface area contributed by atoms with Gasteiger partial charge in [0.15, 0.2) is 17.3 Å². The maximum atomic E-state index is 13.9. The van der Waals surface area contributed by atoms with E-state index in [0.29, 0.717) is 42.9 Å². The van der Waals surface area contributed by atoms with Crippen LogP contribution >= 0.6 is 11.3 Å². The highest BCUT2D eigenvalue weighted by atomic mass is 32.1. The minimum atomic E-state index is -4.55. The van der Waals surface area contributed by atoms with E-state index in [1.54, 1.807) is 12.1 Å². The van der Waals surface area contributed by atoms with Gasteiger partial charge in [0.25, 0.3) is 0 Å². The third-order valence-electron chi connectivity index (χ3n) is 5.53. The number of carbonyl (C=O) groups is 1. The monoisotopic (exact) mass is 450 g/mol. The van der Waals surface area contributed by atoms with Crippen LogP contribution in [0.15, 0.2) is 18.2 Å². The van der Waals surface area contributed by atoms with E-state index in [1.165, 1.54) is 14.2 Å². The molecule has 164 valence electrons. The number of hydrogen-bond acceptors (Lipinski definition) is 6. The molecule has 0 saturated heterocycles. The molecule has 0 aliphatic heterocycles. The lowest BCUT2D eigenvalue weighted by Crippen LogP contribution is -2.12. The number of benzene rings is 1. The van der Waals surface area contributed by atoms with Crippen molar-refractivity contribution >= 4 is 33.0 Å². The number of pyridine rings is 1. The molecule has 0 fully saturated rings. The van der Waals surface area contributed by atoms with Crippen LogP contribution in [0.25, 0.3) is 10.2 Å². The number of rotatable bonds is 6. The van der Waals surface area contributed by atoms with Crippen molar-refractivity contribution in [2.75, 3.05) is 20.0 Å². The van der Waals surface area contributed by atoms with Crippen molar-refractivity contribution in [3.63, 3.8) is 0 Å². The molecule has 1 aromatic carbocycles. The highest BCUT2D eigenvalue weighted by Crippen LogP contribution is 2.46. The van der Waals surface area contributed by atoms with Gasteiger partial charge >= 0.3 is 6.18 Å². The van der Waals surface area contributed by atoms with Gasteiger partial charge < -0.3 is 15.2 Å². The van der Waals surface area contributed by atoms with Gasteiger partial charge in [0.2, 0.25) is 0 Å². The van der Waals surface area contributed by atoms with Crippen LogP contribution in [-0.2, 0) is 25.4 Å². The van der Waals surface area contributed by atoms with Crippen molar-refractivity contribution in [2.45, 2.75) is 38.3 Å². The number of anilines is 1. The summed E-state index contributed by atoms with van der Waals surface area (Å²) in [5, 5.41) is -0.132. The SMILES string of the molecule is COc1ccc(CCC(=O)c2sc3nc4c(c(C(F)(F)F)c3c2N)CCC4)cc1OC. The summed E-state index contributed by atoms with van der Waals surface area (Å²) < 4.78 is 52.1. The molecule has 0 radical (unpaired) electrons. The third kappa shape index (κ3) is 3.82. The molecule has 9 heteroatoms. The van der Waals surface area contributed by atoms with Crippen LogP contribution in [0, 0.1) is 0 Å². The smallest absolute Gasteiger partial charge is 0.417 e. The number of aromatic nitrogens is 1. The number of Topliss-reactive ketones (excluding diaryl/α,β-unsaturated/α-hetero) is 1. The number of alkyl halides is 3. The topological polar surface area (TPSA) is 74.4 Å². The van der Waals surface area contributed by atoms with Gasteiger partial charge in [-0.2, -0.15) is 13.2 Å². The lowest BCUT2D eigenvalue weighted by Gasteiger charge is -2.14. The fourth-order valence-corrected chi connectivity index (χ4v) is 5.16. The molecule has 5 nitrogen and oxygen atoms in total. The average Bonchev–Trinajstić information content (AvgIpc) is 3.33. The highest BCUT2D eigenvalue weighted by molar-refractivity contribution is 7.21. The zero-order valence-electron chi connectivity index (χ0n) is 17.1. The Kier molecular flexibility index (Phi) is 5.55. The summed E-state index contributed by atoms with van der Waals surface area (Å²) in [5.74, 6) is 0.816. The molecule has 0 bridgehead atoms. The number of aryl methyl sites for hydroxylation is 2. The first-order chi connectivity index (χ1) is 14.7. The van der Waals surface area contributed by atoms with Crippen molar-refractivity contribution in [1.29, 1.82) is 0 Å². The fraction of sp³-hybridized carbons (Fsp3) is 0.364. The van der Waals surface area contributed by atoms with Crippen molar-refractivity contribution in [1.82, 2.24) is 4.98 Å². The van der Waals surface area contributed by atoms with Crippen LogP contribution in [0.4, 0.5) is 18.9 Å². The molecule has 4 rings (SSSR count). The molecule has 1 aliphatic rings. The van der Waals surface area contributed by atoms with E-state index in [1.807, 2.05) is 6.07 Å². The molecular formula is C22H21F3N2O3S. The normalized spacial score (nSPS) is 13.5. The second-order valence-corrected chi connectivity index (χ2v) is 8.40. The second kappa shape index (κ2) is 8.03. The Labute approximate surface area is 181 Å². The number of methoxy groups -OCH3 is 2. The summed E-state index contributed by atoms with van der Waals surface area (Å²) >= 11 is 0.947. The molecule has 3 aromatic rings. The Bertz CT molecular complexity index is 1170. The predicted octanol–water partition coefficient (Wildman–Crippen LogP) is 5.22. The molecule has 2 heterocycles. The number of hydrogen-bond donors (Lipinski definition) is 1. The van der Waals surface area contributed by atoms with Gasteiger partial charge in [-0.15, -0.1) is 11.3 Å². The zero-order valence-corrected chi connectivity index (χ0v) is 17.9. The summed E-state index contributed by atoms with van der Waals surface area (Å²) in [4.78, 5) is 17.6. The van der Waals surface area contributed by atoms with Crippen LogP contribution < -0.4 is 15.2 Å². The first-order valence-electron chi connectivity index (χ1n) is 9.79. The Morgan fingerprint density at radius 2 is 1.94 bits per heavy atom. The number of halogens is 3. The lowest BCUT2D eigenvalue weighted by molar-refractivity contribution is -0.136. The van der Waals surface area contributed by atoms with Crippen molar-refractivity contribution in [2.24, 2.45) is 0 Å². The first-order valence-corrected chi connectivity index (χ1v) is 10.6. The van der Waals surface area contributed by atoms with Gasteiger partial charge in [-0.25, -0.2) is 4.98 Å². The third-order valence-corrected chi connectivity index (χ3v) is 6.67. The Hall–Kier alpha value is -2.81. The standard InChI is InChI=1S/C22H21F3N2O3S/c1-29-15-9-7-11(10-16(15)30-2)6-8-14(28)20-19(26)17-18(22(23,24)25)12-4-3-5-13(12)27-21(17)31-20/h7,9-10H,3-6,8,26H2,1-2H3. The van der Waals surface area contributed by atoms with Crippen LogP contribution in [0.2, 0.25) is 0 Å². The summed E-state index contributed by atoms with van der Waals surface area (Å²) in [5.41, 5.74) is 6.78. The first kappa shape index (κ1) is 21.4. The minimum absolute atomic E-state index is 0.105. The molecule has 2 aromatic heterocycles.